The zero-order valence-corrected chi connectivity index (χ0v) is 17.8. The van der Waals surface area contributed by atoms with Gasteiger partial charge in [0.15, 0.2) is 6.10 Å². The van der Waals surface area contributed by atoms with Crippen LogP contribution in [0, 0.1) is 5.92 Å². The summed E-state index contributed by atoms with van der Waals surface area (Å²) < 4.78 is 5.37. The van der Waals surface area contributed by atoms with E-state index in [0.29, 0.717) is 12.2 Å². The Labute approximate surface area is 177 Å². The molecule has 0 bridgehead atoms. The Bertz CT molecular complexity index is 840. The Kier molecular flexibility index (Phi) is 8.41. The number of esters is 1. The number of nitrogens with zero attached hydrogens (tertiary/aromatic N) is 1. The first kappa shape index (κ1) is 22.9. The number of hydrogen-bond donors (Lipinski definition) is 2. The van der Waals surface area contributed by atoms with Crippen LogP contribution in [0.4, 0.5) is 10.5 Å². The molecule has 160 valence electrons. The average Bonchev–Trinajstić information content (AvgIpc) is 2.72. The van der Waals surface area contributed by atoms with Crippen molar-refractivity contribution in [1.82, 2.24) is 10.2 Å². The van der Waals surface area contributed by atoms with E-state index in [0.717, 1.165) is 5.56 Å². The van der Waals surface area contributed by atoms with E-state index in [1.807, 2.05) is 36.4 Å². The number of benzene rings is 2. The molecule has 0 aliphatic carbocycles. The number of urea groups is 1. The first-order valence-electron chi connectivity index (χ1n) is 9.90. The lowest BCUT2D eigenvalue weighted by Gasteiger charge is -2.25. The first-order valence-corrected chi connectivity index (χ1v) is 9.90. The summed E-state index contributed by atoms with van der Waals surface area (Å²) in [7, 11) is 1.66. The minimum Gasteiger partial charge on any atom is -0.451 e. The van der Waals surface area contributed by atoms with Crippen molar-refractivity contribution >= 4 is 23.6 Å². The smallest absolute Gasteiger partial charge is 0.329 e. The summed E-state index contributed by atoms with van der Waals surface area (Å²) >= 11 is 0. The molecule has 0 saturated heterocycles. The number of ether oxygens (including phenoxy) is 1. The number of anilines is 1. The molecule has 0 aliphatic rings. The van der Waals surface area contributed by atoms with Crippen LogP contribution in [0.2, 0.25) is 0 Å². The van der Waals surface area contributed by atoms with Crippen molar-refractivity contribution in [2.45, 2.75) is 39.5 Å². The molecule has 0 radical (unpaired) electrons. The first-order chi connectivity index (χ1) is 14.3. The molecule has 3 amide bonds. The number of para-hydroxylation sites is 1. The van der Waals surface area contributed by atoms with E-state index in [4.69, 9.17) is 4.74 Å². The summed E-state index contributed by atoms with van der Waals surface area (Å²) in [5.41, 5.74) is 1.59. The van der Waals surface area contributed by atoms with Crippen LogP contribution in [-0.4, -0.2) is 42.0 Å². The van der Waals surface area contributed by atoms with Crippen molar-refractivity contribution < 1.29 is 19.1 Å². The molecular weight excluding hydrogens is 382 g/mol. The van der Waals surface area contributed by atoms with E-state index in [1.165, 1.54) is 11.8 Å². The Hall–Kier alpha value is -3.35. The van der Waals surface area contributed by atoms with Crippen LogP contribution in [0.5, 0.6) is 0 Å². The highest BCUT2D eigenvalue weighted by Gasteiger charge is 2.30. The molecule has 7 heteroatoms. The lowest BCUT2D eigenvalue weighted by molar-refractivity contribution is -0.161. The largest absolute Gasteiger partial charge is 0.451 e. The van der Waals surface area contributed by atoms with Gasteiger partial charge in [-0.2, -0.15) is 0 Å². The third-order valence-corrected chi connectivity index (χ3v) is 4.52. The summed E-state index contributed by atoms with van der Waals surface area (Å²) in [6, 6.07) is 17.1. The number of rotatable bonds is 8. The second-order valence-electron chi connectivity index (χ2n) is 7.45. The van der Waals surface area contributed by atoms with Crippen molar-refractivity contribution in [1.29, 1.82) is 0 Å². The molecule has 0 saturated carbocycles. The minimum atomic E-state index is -0.966. The van der Waals surface area contributed by atoms with E-state index in [2.05, 4.69) is 10.6 Å². The Morgan fingerprint density at radius 3 is 2.07 bits per heavy atom. The van der Waals surface area contributed by atoms with Crippen LogP contribution in [0.1, 0.15) is 26.3 Å². The van der Waals surface area contributed by atoms with Gasteiger partial charge in [0, 0.05) is 19.3 Å². The third-order valence-electron chi connectivity index (χ3n) is 4.52. The van der Waals surface area contributed by atoms with Crippen LogP contribution < -0.4 is 10.6 Å². The number of carbonyl (C=O) groups excluding carboxylic acids is 3. The van der Waals surface area contributed by atoms with E-state index >= 15 is 0 Å². The van der Waals surface area contributed by atoms with Gasteiger partial charge in [-0.15, -0.1) is 0 Å². The van der Waals surface area contributed by atoms with Gasteiger partial charge in [-0.25, -0.2) is 9.59 Å². The topological polar surface area (TPSA) is 87.7 Å². The van der Waals surface area contributed by atoms with Gasteiger partial charge in [-0.05, 0) is 30.5 Å². The van der Waals surface area contributed by atoms with Gasteiger partial charge in [-0.1, -0.05) is 62.4 Å². The highest BCUT2D eigenvalue weighted by Crippen LogP contribution is 2.11. The van der Waals surface area contributed by atoms with Crippen molar-refractivity contribution in [3.63, 3.8) is 0 Å². The Balaban J connectivity index is 1.92. The molecule has 2 aromatic rings. The van der Waals surface area contributed by atoms with Gasteiger partial charge >= 0.3 is 12.0 Å². The molecular formula is C23H29N3O4. The predicted octanol–water partition coefficient (Wildman–Crippen LogP) is 3.42. The fourth-order valence-electron chi connectivity index (χ4n) is 2.87. The molecule has 0 spiro atoms. The number of likely N-dealkylation sites (N-methyl/N-ethyl adjacent to an activating group) is 1. The maximum atomic E-state index is 12.6. The molecule has 0 unspecified atom stereocenters. The minimum absolute atomic E-state index is 0.219. The fraction of sp³-hybridized carbons (Fsp3) is 0.348. The van der Waals surface area contributed by atoms with E-state index in [9.17, 15) is 14.4 Å². The number of carbonyl (C=O) groups is 3. The second kappa shape index (κ2) is 11.0. The zero-order chi connectivity index (χ0) is 22.1. The van der Waals surface area contributed by atoms with E-state index < -0.39 is 24.1 Å². The monoisotopic (exact) mass is 411 g/mol. The highest BCUT2D eigenvalue weighted by molar-refractivity contribution is 5.93. The summed E-state index contributed by atoms with van der Waals surface area (Å²) in [4.78, 5) is 39.0. The van der Waals surface area contributed by atoms with E-state index in [1.54, 1.807) is 45.2 Å². The Morgan fingerprint density at radius 1 is 0.933 bits per heavy atom. The van der Waals surface area contributed by atoms with Crippen LogP contribution in [0.3, 0.4) is 0 Å². The van der Waals surface area contributed by atoms with Crippen LogP contribution in [0.25, 0.3) is 0 Å². The summed E-state index contributed by atoms with van der Waals surface area (Å²) in [5, 5.41) is 5.30. The number of hydrogen-bond acceptors (Lipinski definition) is 4. The summed E-state index contributed by atoms with van der Waals surface area (Å²) in [6.45, 7) is 5.53. The highest BCUT2D eigenvalue weighted by atomic mass is 16.5. The number of amides is 3. The van der Waals surface area contributed by atoms with Gasteiger partial charge in [0.25, 0.3) is 5.91 Å². The predicted molar refractivity (Wildman–Crippen MR) is 116 cm³/mol. The lowest BCUT2D eigenvalue weighted by atomic mass is 10.0. The molecule has 2 rings (SSSR count). The summed E-state index contributed by atoms with van der Waals surface area (Å²) in [6.07, 6.45) is -0.966. The molecule has 7 nitrogen and oxygen atoms in total. The van der Waals surface area contributed by atoms with Crippen LogP contribution in [-0.2, 0) is 20.9 Å². The van der Waals surface area contributed by atoms with Gasteiger partial charge in [0.1, 0.15) is 6.04 Å². The van der Waals surface area contributed by atoms with Crippen molar-refractivity contribution in [2.24, 2.45) is 5.92 Å². The standard InChI is InChI=1S/C23H29N3O4/c1-16(2)20(25-23(29)24-19-13-9-6-10-14-19)22(28)30-17(3)21(27)26(4)15-18-11-7-5-8-12-18/h5-14,16-17,20H,15H2,1-4H3,(H2,24,25,29)/t17-,20+/m0/s1. The average molecular weight is 412 g/mol. The molecule has 0 fully saturated rings. The molecule has 2 aromatic carbocycles. The normalized spacial score (nSPS) is 12.6. The molecule has 0 aromatic heterocycles. The molecule has 0 heterocycles. The molecule has 30 heavy (non-hydrogen) atoms. The van der Waals surface area contributed by atoms with Crippen LogP contribution >= 0.6 is 0 Å². The van der Waals surface area contributed by atoms with Crippen molar-refractivity contribution in [3.05, 3.63) is 66.2 Å². The van der Waals surface area contributed by atoms with Gasteiger partial charge < -0.3 is 20.3 Å². The summed E-state index contributed by atoms with van der Waals surface area (Å²) in [5.74, 6) is -1.19. The quantitative estimate of drug-likeness (QED) is 0.652. The zero-order valence-electron chi connectivity index (χ0n) is 17.8. The fourth-order valence-corrected chi connectivity index (χ4v) is 2.87. The van der Waals surface area contributed by atoms with E-state index in [-0.39, 0.29) is 11.8 Å². The van der Waals surface area contributed by atoms with Crippen molar-refractivity contribution in [2.75, 3.05) is 12.4 Å². The van der Waals surface area contributed by atoms with Gasteiger partial charge in [0.2, 0.25) is 0 Å². The van der Waals surface area contributed by atoms with Gasteiger partial charge in [-0.3, -0.25) is 4.79 Å². The second-order valence-corrected chi connectivity index (χ2v) is 7.45. The lowest BCUT2D eigenvalue weighted by Crippen LogP contribution is -2.49. The SMILES string of the molecule is CC(C)[C@@H](NC(=O)Nc1ccccc1)C(=O)O[C@@H](C)C(=O)N(C)Cc1ccccc1. The maximum absolute atomic E-state index is 12.6. The van der Waals surface area contributed by atoms with Gasteiger partial charge in [0.05, 0.1) is 0 Å². The third kappa shape index (κ3) is 6.92. The Morgan fingerprint density at radius 2 is 1.50 bits per heavy atom. The molecule has 0 aliphatic heterocycles. The van der Waals surface area contributed by atoms with Crippen LogP contribution in [0.15, 0.2) is 60.7 Å². The number of nitrogens with one attached hydrogen (secondary N) is 2. The maximum Gasteiger partial charge on any atom is 0.329 e. The van der Waals surface area contributed by atoms with Crippen molar-refractivity contribution in [3.8, 4) is 0 Å². The molecule has 2 N–H and O–H groups in total. The molecule has 2 atom stereocenters.